The lowest BCUT2D eigenvalue weighted by Gasteiger charge is -2.05. The van der Waals surface area contributed by atoms with Crippen LogP contribution < -0.4 is 4.74 Å². The number of hydrogen-bond donors (Lipinski definition) is 0. The van der Waals surface area contributed by atoms with E-state index in [1.165, 1.54) is 24.3 Å². The molecule has 0 radical (unpaired) electrons. The van der Waals surface area contributed by atoms with Crippen molar-refractivity contribution in [1.82, 2.24) is 0 Å². The van der Waals surface area contributed by atoms with Crippen molar-refractivity contribution >= 4 is 21.6 Å². The number of allylic oxidation sites excluding steroid dienone is 1. The van der Waals surface area contributed by atoms with E-state index in [1.54, 1.807) is 6.07 Å². The summed E-state index contributed by atoms with van der Waals surface area (Å²) in [6, 6.07) is 4.30. The van der Waals surface area contributed by atoms with Gasteiger partial charge in [0.2, 0.25) is 0 Å². The van der Waals surface area contributed by atoms with Crippen LogP contribution >= 0.6 is 15.9 Å². The molecule has 0 aliphatic heterocycles. The summed E-state index contributed by atoms with van der Waals surface area (Å²) >= 11 is 3.11. The first-order chi connectivity index (χ1) is 9.29. The van der Waals surface area contributed by atoms with Gasteiger partial charge in [-0.15, -0.1) is 0 Å². The number of nitrogens with zero attached hydrogens (tertiary/aromatic N) is 1. The van der Waals surface area contributed by atoms with Crippen molar-refractivity contribution in [3.05, 3.63) is 44.9 Å². The average Bonchev–Trinajstić information content (AvgIpc) is 2.33. The summed E-state index contributed by atoms with van der Waals surface area (Å²) in [6.45, 7) is -0.0275. The molecule has 20 heavy (non-hydrogen) atoms. The molecule has 0 fully saturated rings. The van der Waals surface area contributed by atoms with Crippen molar-refractivity contribution < 1.29 is 22.8 Å². The molecule has 1 rings (SSSR count). The molecule has 0 unspecified atom stereocenters. The first-order valence-corrected chi connectivity index (χ1v) is 6.37. The fraction of sp³-hybridized carbons (Fsp3) is 0.333. The molecule has 0 atom stereocenters. The second-order valence-electron chi connectivity index (χ2n) is 3.81. The largest absolute Gasteiger partial charge is 0.483 e. The fourth-order valence-electron chi connectivity index (χ4n) is 1.33. The van der Waals surface area contributed by atoms with E-state index >= 15 is 0 Å². The standard InChI is InChI=1S/C12H11BrF3NO3/c13-9-4-5-11(10(8-9)17(18)19)20-7-3-1-2-6-12(14,15)16/h1,3-5,8H,2,6-7H2/b3-1+. The molecule has 1 aromatic carbocycles. The third kappa shape index (κ3) is 6.05. The molecular formula is C12H11BrF3NO3. The topological polar surface area (TPSA) is 52.4 Å². The summed E-state index contributed by atoms with van der Waals surface area (Å²) in [5.41, 5.74) is -0.205. The molecule has 0 N–H and O–H groups in total. The monoisotopic (exact) mass is 353 g/mol. The Labute approximate surface area is 121 Å². The Balaban J connectivity index is 2.50. The van der Waals surface area contributed by atoms with Crippen molar-refractivity contribution in [3.8, 4) is 5.75 Å². The summed E-state index contributed by atoms with van der Waals surface area (Å²) in [7, 11) is 0. The van der Waals surface area contributed by atoms with Gasteiger partial charge in [-0.2, -0.15) is 13.2 Å². The van der Waals surface area contributed by atoms with Gasteiger partial charge in [0.1, 0.15) is 6.61 Å². The number of benzene rings is 1. The minimum absolute atomic E-state index is 0.0275. The molecule has 4 nitrogen and oxygen atoms in total. The second kappa shape index (κ2) is 7.28. The minimum atomic E-state index is -4.18. The molecule has 0 aliphatic carbocycles. The zero-order valence-corrected chi connectivity index (χ0v) is 11.8. The van der Waals surface area contributed by atoms with E-state index in [9.17, 15) is 23.3 Å². The van der Waals surface area contributed by atoms with Gasteiger partial charge in [-0.05, 0) is 18.6 Å². The Morgan fingerprint density at radius 2 is 2.05 bits per heavy atom. The molecule has 8 heteroatoms. The van der Waals surface area contributed by atoms with Gasteiger partial charge in [0, 0.05) is 17.0 Å². The van der Waals surface area contributed by atoms with Gasteiger partial charge in [-0.25, -0.2) is 0 Å². The number of halogens is 4. The summed E-state index contributed by atoms with van der Waals surface area (Å²) < 4.78 is 41.3. The third-order valence-electron chi connectivity index (χ3n) is 2.21. The smallest absolute Gasteiger partial charge is 0.389 e. The van der Waals surface area contributed by atoms with Crippen molar-refractivity contribution in [2.75, 3.05) is 6.61 Å². The maximum absolute atomic E-state index is 11.9. The first-order valence-electron chi connectivity index (χ1n) is 5.58. The number of nitro benzene ring substituents is 1. The van der Waals surface area contributed by atoms with Gasteiger partial charge in [0.05, 0.1) is 4.92 Å². The highest BCUT2D eigenvalue weighted by atomic mass is 79.9. The molecule has 0 aliphatic rings. The van der Waals surface area contributed by atoms with E-state index in [2.05, 4.69) is 15.9 Å². The van der Waals surface area contributed by atoms with Crippen LogP contribution in [0.1, 0.15) is 12.8 Å². The summed E-state index contributed by atoms with van der Waals surface area (Å²) in [5, 5.41) is 10.8. The third-order valence-corrected chi connectivity index (χ3v) is 2.71. The van der Waals surface area contributed by atoms with E-state index < -0.39 is 17.5 Å². The van der Waals surface area contributed by atoms with Crippen molar-refractivity contribution in [2.45, 2.75) is 19.0 Å². The molecule has 0 heterocycles. The van der Waals surface area contributed by atoms with Crippen molar-refractivity contribution in [2.24, 2.45) is 0 Å². The summed E-state index contributed by atoms with van der Waals surface area (Å²) in [6.07, 6.45) is -2.50. The van der Waals surface area contributed by atoms with Gasteiger partial charge in [-0.3, -0.25) is 10.1 Å². The predicted octanol–water partition coefficient (Wildman–Crippen LogP) is 4.63. The van der Waals surface area contributed by atoms with Gasteiger partial charge in [0.25, 0.3) is 0 Å². The Morgan fingerprint density at radius 1 is 1.35 bits per heavy atom. The van der Waals surface area contributed by atoms with Crippen LogP contribution in [0.4, 0.5) is 18.9 Å². The fourth-order valence-corrected chi connectivity index (χ4v) is 1.68. The van der Waals surface area contributed by atoms with Crippen LogP contribution in [0.15, 0.2) is 34.8 Å². The van der Waals surface area contributed by atoms with Crippen LogP contribution in [0.5, 0.6) is 5.75 Å². The maximum atomic E-state index is 11.9. The molecule has 0 amide bonds. The number of nitro groups is 1. The van der Waals surface area contributed by atoms with Crippen molar-refractivity contribution in [1.29, 1.82) is 0 Å². The lowest BCUT2D eigenvalue weighted by atomic mass is 10.3. The minimum Gasteiger partial charge on any atom is -0.483 e. The Hall–Kier alpha value is -1.57. The second-order valence-corrected chi connectivity index (χ2v) is 4.72. The maximum Gasteiger partial charge on any atom is 0.389 e. The normalized spacial score (nSPS) is 11.8. The average molecular weight is 354 g/mol. The van der Waals surface area contributed by atoms with Crippen LogP contribution in [0, 0.1) is 10.1 Å². The van der Waals surface area contributed by atoms with E-state index in [4.69, 9.17) is 4.74 Å². The van der Waals surface area contributed by atoms with Gasteiger partial charge >= 0.3 is 11.9 Å². The van der Waals surface area contributed by atoms with E-state index in [0.29, 0.717) is 4.47 Å². The van der Waals surface area contributed by atoms with E-state index in [0.717, 1.165) is 0 Å². The highest BCUT2D eigenvalue weighted by molar-refractivity contribution is 9.10. The summed E-state index contributed by atoms with van der Waals surface area (Å²) in [4.78, 5) is 10.2. The Kier molecular flexibility index (Phi) is 6.00. The van der Waals surface area contributed by atoms with Gasteiger partial charge in [0.15, 0.2) is 5.75 Å². The zero-order valence-electron chi connectivity index (χ0n) is 10.2. The van der Waals surface area contributed by atoms with Gasteiger partial charge < -0.3 is 4.74 Å². The zero-order chi connectivity index (χ0) is 15.2. The lowest BCUT2D eigenvalue weighted by molar-refractivity contribution is -0.385. The van der Waals surface area contributed by atoms with Crippen molar-refractivity contribution in [3.63, 3.8) is 0 Å². The number of ether oxygens (including phenoxy) is 1. The molecule has 0 saturated heterocycles. The quantitative estimate of drug-likeness (QED) is 0.425. The lowest BCUT2D eigenvalue weighted by Crippen LogP contribution is -2.05. The highest BCUT2D eigenvalue weighted by Crippen LogP contribution is 2.30. The van der Waals surface area contributed by atoms with Gasteiger partial charge in [-0.1, -0.05) is 28.1 Å². The van der Waals surface area contributed by atoms with E-state index in [-0.39, 0.29) is 24.5 Å². The van der Waals surface area contributed by atoms with Crippen LogP contribution in [-0.2, 0) is 0 Å². The predicted molar refractivity (Wildman–Crippen MR) is 70.7 cm³/mol. The Morgan fingerprint density at radius 3 is 2.65 bits per heavy atom. The van der Waals surface area contributed by atoms with Crippen LogP contribution in [0.3, 0.4) is 0 Å². The number of rotatable bonds is 6. The highest BCUT2D eigenvalue weighted by Gasteiger charge is 2.25. The molecule has 0 aromatic heterocycles. The molecule has 0 spiro atoms. The molecule has 110 valence electrons. The van der Waals surface area contributed by atoms with Crippen LogP contribution in [0.25, 0.3) is 0 Å². The molecule has 1 aromatic rings. The molecular weight excluding hydrogens is 343 g/mol. The van der Waals surface area contributed by atoms with Crippen LogP contribution in [-0.4, -0.2) is 17.7 Å². The van der Waals surface area contributed by atoms with Crippen LogP contribution in [0.2, 0.25) is 0 Å². The number of hydrogen-bond acceptors (Lipinski definition) is 3. The summed E-state index contributed by atoms with van der Waals surface area (Å²) in [5.74, 6) is 0.0682. The molecule has 0 bridgehead atoms. The molecule has 0 saturated carbocycles. The Bertz CT molecular complexity index is 503. The van der Waals surface area contributed by atoms with E-state index in [1.807, 2.05) is 0 Å². The first kappa shape index (κ1) is 16.5. The SMILES string of the molecule is O=[N+]([O-])c1cc(Br)ccc1OC/C=C/CCC(F)(F)F. The number of alkyl halides is 3.